The third-order valence-corrected chi connectivity index (χ3v) is 21.3. The summed E-state index contributed by atoms with van der Waals surface area (Å²) in [4.78, 5) is 64.8. The van der Waals surface area contributed by atoms with Gasteiger partial charge < -0.3 is 229 Å². The average molecular weight is 1700 g/mol. The van der Waals surface area contributed by atoms with Gasteiger partial charge in [0, 0.05) is 34.1 Å². The van der Waals surface area contributed by atoms with Gasteiger partial charge >= 0.3 is 5.97 Å². The molecule has 9 rings (SSSR count). The van der Waals surface area contributed by atoms with Gasteiger partial charge in [0.25, 0.3) is 5.79 Å². The summed E-state index contributed by atoms with van der Waals surface area (Å²) in [6.45, 7) is -2.09. The molecule has 0 spiro atoms. The van der Waals surface area contributed by atoms with Crippen LogP contribution < -0.4 is 21.3 Å². The van der Waals surface area contributed by atoms with Gasteiger partial charge in [0.15, 0.2) is 50.3 Å². The topological polar surface area (TPSA) is 796 Å². The summed E-state index contributed by atoms with van der Waals surface area (Å²) in [6, 6.07) is -7.57. The maximum atomic E-state index is 13.5. The predicted molar refractivity (Wildman–Crippen MR) is 358 cm³/mol. The molecule has 116 heavy (non-hydrogen) atoms. The summed E-state index contributed by atoms with van der Waals surface area (Å²) < 4.78 is 101. The van der Waals surface area contributed by atoms with Gasteiger partial charge in [-0.2, -0.15) is 0 Å². The first-order valence-corrected chi connectivity index (χ1v) is 37.0. The van der Waals surface area contributed by atoms with Crippen molar-refractivity contribution in [3.8, 4) is 0 Å². The lowest BCUT2D eigenvalue weighted by atomic mass is 9.88. The van der Waals surface area contributed by atoms with E-state index in [2.05, 4.69) is 21.3 Å². The van der Waals surface area contributed by atoms with Crippen LogP contribution in [0.2, 0.25) is 0 Å². The summed E-state index contributed by atoms with van der Waals surface area (Å²) in [7, 11) is 0. The van der Waals surface area contributed by atoms with Crippen LogP contribution in [0.3, 0.4) is 0 Å². The smallest absolute Gasteiger partial charge is 0.364 e. The van der Waals surface area contributed by atoms with Gasteiger partial charge in [-0.25, -0.2) is 4.79 Å². The van der Waals surface area contributed by atoms with Gasteiger partial charge in [0.2, 0.25) is 23.6 Å². The van der Waals surface area contributed by atoms with Crippen LogP contribution in [0.5, 0.6) is 0 Å². The number of carboxylic acids is 1. The third kappa shape index (κ3) is 20.6. The summed E-state index contributed by atoms with van der Waals surface area (Å²) in [5, 5.41) is 288. The number of aliphatic hydroxyl groups excluding tert-OH is 24. The molecule has 9 heterocycles. The van der Waals surface area contributed by atoms with Crippen molar-refractivity contribution in [2.24, 2.45) is 0 Å². The fraction of sp³-hybridized carbons (Fsp3) is 0.923. The molecule has 670 valence electrons. The molecular weight excluding hydrogens is 1590 g/mol. The van der Waals surface area contributed by atoms with Crippen LogP contribution in [-0.2, 0) is 104 Å². The number of carbonyl (C=O) groups excluding carboxylic acids is 4. The molecule has 0 aliphatic carbocycles. The summed E-state index contributed by atoms with van der Waals surface area (Å²) in [5.41, 5.74) is 0. The molecule has 46 atom stereocenters. The van der Waals surface area contributed by atoms with E-state index >= 15 is 0 Å². The molecule has 51 heteroatoms. The highest BCUT2D eigenvalue weighted by Crippen LogP contribution is 2.43. The zero-order chi connectivity index (χ0) is 85.9. The lowest BCUT2D eigenvalue weighted by molar-refractivity contribution is -0.400. The van der Waals surface area contributed by atoms with E-state index in [1.807, 2.05) is 0 Å². The monoisotopic (exact) mass is 1700 g/mol. The molecule has 0 bridgehead atoms. The van der Waals surface area contributed by atoms with Gasteiger partial charge in [0.05, 0.1) is 70.6 Å². The van der Waals surface area contributed by atoms with E-state index < -0.39 is 364 Å². The van der Waals surface area contributed by atoms with E-state index in [0.29, 0.717) is 0 Å². The molecule has 0 aromatic carbocycles. The van der Waals surface area contributed by atoms with E-state index in [1.54, 1.807) is 0 Å². The van der Waals surface area contributed by atoms with E-state index in [-0.39, 0.29) is 0 Å². The first kappa shape index (κ1) is 95.5. The van der Waals surface area contributed by atoms with Crippen molar-refractivity contribution in [2.45, 2.75) is 330 Å². The van der Waals surface area contributed by atoms with E-state index in [9.17, 15) is 152 Å². The second-order valence-corrected chi connectivity index (χ2v) is 29.5. The van der Waals surface area contributed by atoms with Crippen LogP contribution in [0.4, 0.5) is 0 Å². The second-order valence-electron chi connectivity index (χ2n) is 29.5. The normalized spacial score (nSPS) is 48.2. The molecule has 0 aromatic rings. The Balaban J connectivity index is 0.992. The Morgan fingerprint density at radius 3 is 1.09 bits per heavy atom. The number of rotatable bonds is 30. The molecular formula is C65H108N4O47. The first-order valence-electron chi connectivity index (χ1n) is 37.0. The quantitative estimate of drug-likeness (QED) is 0.0318. The molecule has 0 saturated carbocycles. The highest BCUT2D eigenvalue weighted by Gasteiger charge is 2.64. The van der Waals surface area contributed by atoms with Crippen molar-refractivity contribution < 1.29 is 232 Å². The third-order valence-electron chi connectivity index (χ3n) is 21.3. The van der Waals surface area contributed by atoms with Crippen LogP contribution in [0.25, 0.3) is 0 Å². The van der Waals surface area contributed by atoms with Gasteiger partial charge in [-0.3, -0.25) is 19.2 Å². The molecule has 4 amide bonds. The number of carboxylic acid groups (broad SMARTS) is 1. The highest BCUT2D eigenvalue weighted by molar-refractivity contribution is 5.77. The van der Waals surface area contributed by atoms with Crippen LogP contribution in [0.15, 0.2) is 0 Å². The van der Waals surface area contributed by atoms with E-state index in [0.717, 1.165) is 27.7 Å². The summed E-state index contributed by atoms with van der Waals surface area (Å²) in [5.74, 6) is -9.23. The zero-order valence-electron chi connectivity index (χ0n) is 62.8. The minimum absolute atomic E-state index is 0.830. The Labute approximate surface area is 657 Å². The maximum Gasteiger partial charge on any atom is 0.364 e. The number of hydrogen-bond acceptors (Lipinski definition) is 46. The number of ether oxygens (including phenoxy) is 17. The minimum atomic E-state index is -3.33. The van der Waals surface area contributed by atoms with Crippen LogP contribution in [0, 0.1) is 0 Å². The largest absolute Gasteiger partial charge is 0.477 e. The zero-order valence-corrected chi connectivity index (χ0v) is 62.8. The number of carbonyl (C=O) groups is 5. The van der Waals surface area contributed by atoms with Crippen LogP contribution >= 0.6 is 0 Å². The Morgan fingerprint density at radius 2 is 0.681 bits per heavy atom. The average Bonchev–Trinajstić information content (AvgIpc) is 0.755. The summed E-state index contributed by atoms with van der Waals surface area (Å²) in [6.07, 6.45) is -87.2. The SMILES string of the molecule is CC(=O)N[C@H]1[C@H](O[C@H]2[C@@H](O)[C@@H](CO)O[C@@H](O[C@H]3[C@H](O[C@@H]4O[C@@H](C)[C@@H](O)[C@@H](O)[C@@H]4O)[C@@H](NC(C)=O)C(O)O[C@@H]3CO)[C@@H]2O)O[C@H](CO)[C@@H](O[C@@H]2O[C@H](CO)[C@H](O)[C@H](O[C@@H]3O[C@H](CO)[C@@H](O[C@@H]4O[C@H](CO)[C@H](O)[C@H](O[C@]5(C(=O)O)C[C@H](O)[C@@H](NC(C)=O)[C@H]([C@H](O)[C@H](O)CO)O5)[C@H]4O)[C@H](O[C@@H]4O[C@@H](C)[C@@H](O)[C@@H](O)[C@@H]4O)[C@H]3NC(C)=O)[C@H]2O)[C@@H]1O. The number of aliphatic carboxylic acids is 1. The van der Waals surface area contributed by atoms with Crippen LogP contribution in [0.1, 0.15) is 48.0 Å². The molecule has 9 saturated heterocycles. The lowest BCUT2D eigenvalue weighted by Gasteiger charge is -2.52. The molecule has 29 N–H and O–H groups in total. The fourth-order valence-electron chi connectivity index (χ4n) is 15.2. The Kier molecular flexibility index (Phi) is 33.6. The van der Waals surface area contributed by atoms with Gasteiger partial charge in [0.1, 0.15) is 201 Å². The molecule has 0 radical (unpaired) electrons. The molecule has 1 unspecified atom stereocenters. The Morgan fingerprint density at radius 1 is 0.353 bits per heavy atom. The van der Waals surface area contributed by atoms with E-state index in [4.69, 9.17) is 80.5 Å². The maximum absolute atomic E-state index is 13.5. The van der Waals surface area contributed by atoms with Gasteiger partial charge in [-0.05, 0) is 13.8 Å². The number of nitrogens with one attached hydrogen (secondary N) is 4. The Hall–Kier alpha value is -4.29. The predicted octanol–water partition coefficient (Wildman–Crippen LogP) is -18.8. The molecule has 9 fully saturated rings. The minimum Gasteiger partial charge on any atom is -0.477 e. The van der Waals surface area contributed by atoms with Crippen molar-refractivity contribution in [3.05, 3.63) is 0 Å². The van der Waals surface area contributed by atoms with Crippen LogP contribution in [-0.4, -0.2) is 485 Å². The van der Waals surface area contributed by atoms with Gasteiger partial charge in [-0.15, -0.1) is 0 Å². The molecule has 0 aromatic heterocycles. The van der Waals surface area contributed by atoms with Crippen molar-refractivity contribution >= 4 is 29.6 Å². The lowest BCUT2D eigenvalue weighted by Crippen LogP contribution is -2.72. The Bertz CT molecular complexity index is 3170. The molecule has 51 nitrogen and oxygen atoms in total. The fourth-order valence-corrected chi connectivity index (χ4v) is 15.2. The standard InChI is InChI=1S/C65H108N4O47/c1-15-33(83)40(90)42(92)59(100-15)111-51-31(68-19(5)79)56(97)102-27(13-75)48(51)109-62-45(95)53(36(86)24(10-72)104-62)113-57-30(67-18(4)78)39(89)47(26(12-74)106-57)108-61-44(94)54(37(87)23(9-71)103-61)114-58-32(69-20(6)80)52(112-60-43(93)41(91)34(84)16(2)101-60)49(28(14-76)107-58)110-63-46(96)55(38(88)25(11-73)105-63)116-65(64(98)99)7-21(81)29(66-17(3)77)50(115-65)35(85)22(82)8-70/h15-16,21-63,70-76,81-97H,7-14H2,1-6H3,(H,66,77)(H,67,78)(H,68,79)(H,69,80)(H,98,99)/t15-,16-,21-,22+,23+,24+,25+,26+,27+,28+,29+,30+,31+,32+,33+,34+,35+,36-,37-,38-,39+,40+,41+,42-,43-,44+,45+,46+,47+,48+,49+,50+,51+,52+,53-,54-,55-,56?,57-,58-,59-,60-,61-,62-,63-,65-/m0/s1. The van der Waals surface area contributed by atoms with Crippen molar-refractivity contribution in [2.75, 3.05) is 46.2 Å². The van der Waals surface area contributed by atoms with Crippen molar-refractivity contribution in [3.63, 3.8) is 0 Å². The van der Waals surface area contributed by atoms with Crippen molar-refractivity contribution in [1.29, 1.82) is 0 Å². The van der Waals surface area contributed by atoms with Gasteiger partial charge in [-0.1, -0.05) is 0 Å². The second kappa shape index (κ2) is 40.8. The highest BCUT2D eigenvalue weighted by atomic mass is 16.8. The number of amides is 4. The van der Waals surface area contributed by atoms with Crippen molar-refractivity contribution in [1.82, 2.24) is 21.3 Å². The number of hydrogen-bond donors (Lipinski definition) is 29. The molecule has 9 aliphatic rings. The van der Waals surface area contributed by atoms with E-state index in [1.165, 1.54) is 13.8 Å². The number of aliphatic hydroxyl groups is 24. The molecule has 9 aliphatic heterocycles. The first-order chi connectivity index (χ1) is 54.6. The summed E-state index contributed by atoms with van der Waals surface area (Å²) >= 11 is 0.